The third-order valence-corrected chi connectivity index (χ3v) is 3.26. The van der Waals surface area contributed by atoms with E-state index < -0.39 is 11.4 Å². The minimum Gasteiger partial charge on any atom is -0.481 e. The van der Waals surface area contributed by atoms with Crippen molar-refractivity contribution in [3.05, 3.63) is 35.4 Å². The molecular formula is C12H14O3. The maximum atomic E-state index is 11.3. The predicted molar refractivity (Wildman–Crippen MR) is 55.8 cm³/mol. The van der Waals surface area contributed by atoms with Crippen molar-refractivity contribution in [3.8, 4) is 0 Å². The minimum absolute atomic E-state index is 0.320. The molecule has 3 nitrogen and oxygen atoms in total. The number of aliphatic hydroxyl groups excluding tert-OH is 1. The van der Waals surface area contributed by atoms with Gasteiger partial charge in [0.1, 0.15) is 5.41 Å². The fourth-order valence-electron chi connectivity index (χ4n) is 2.37. The lowest BCUT2D eigenvalue weighted by molar-refractivity contribution is -0.146. The van der Waals surface area contributed by atoms with Crippen LogP contribution in [0.3, 0.4) is 0 Å². The number of aryl methyl sites for hydroxylation is 1. The molecule has 0 radical (unpaired) electrons. The highest BCUT2D eigenvalue weighted by atomic mass is 16.4. The Hall–Kier alpha value is -1.35. The van der Waals surface area contributed by atoms with Gasteiger partial charge in [-0.05, 0) is 30.4 Å². The van der Waals surface area contributed by atoms with E-state index >= 15 is 0 Å². The number of fused-ring (bicyclic) bond motifs is 1. The summed E-state index contributed by atoms with van der Waals surface area (Å²) in [5.74, 6) is -0.919. The number of carbonyl (C=O) groups is 1. The molecule has 0 saturated heterocycles. The van der Waals surface area contributed by atoms with Crippen molar-refractivity contribution < 1.29 is 15.0 Å². The van der Waals surface area contributed by atoms with Gasteiger partial charge >= 0.3 is 5.97 Å². The molecule has 0 bridgehead atoms. The highest BCUT2D eigenvalue weighted by Crippen LogP contribution is 2.37. The first kappa shape index (κ1) is 10.2. The normalized spacial score (nSPS) is 24.6. The number of aliphatic carboxylic acids is 1. The molecule has 0 saturated carbocycles. The summed E-state index contributed by atoms with van der Waals surface area (Å²) in [6.45, 7) is -0.320. The molecule has 2 rings (SSSR count). The van der Waals surface area contributed by atoms with Crippen LogP contribution in [0, 0.1) is 0 Å². The van der Waals surface area contributed by atoms with Crippen LogP contribution in [0.5, 0.6) is 0 Å². The van der Waals surface area contributed by atoms with Crippen LogP contribution in [0.1, 0.15) is 24.0 Å². The van der Waals surface area contributed by atoms with Crippen molar-refractivity contribution in [2.75, 3.05) is 6.61 Å². The quantitative estimate of drug-likeness (QED) is 0.767. The van der Waals surface area contributed by atoms with Gasteiger partial charge in [0.05, 0.1) is 6.61 Å². The number of benzene rings is 1. The lowest BCUT2D eigenvalue weighted by Crippen LogP contribution is -2.42. The smallest absolute Gasteiger partial charge is 0.316 e. The number of aliphatic hydroxyl groups is 1. The van der Waals surface area contributed by atoms with Crippen LogP contribution in [-0.2, 0) is 16.6 Å². The SMILES string of the molecule is O=C(O)C1(CO)CCCc2ccccc21. The molecular weight excluding hydrogens is 192 g/mol. The van der Waals surface area contributed by atoms with Crippen molar-refractivity contribution in [2.45, 2.75) is 24.7 Å². The molecule has 0 spiro atoms. The summed E-state index contributed by atoms with van der Waals surface area (Å²) < 4.78 is 0. The molecule has 0 aromatic heterocycles. The highest BCUT2D eigenvalue weighted by Gasteiger charge is 2.42. The van der Waals surface area contributed by atoms with E-state index in [9.17, 15) is 15.0 Å². The lowest BCUT2D eigenvalue weighted by atomic mass is 9.70. The summed E-state index contributed by atoms with van der Waals surface area (Å²) >= 11 is 0. The number of carboxylic acid groups (broad SMARTS) is 1. The second-order valence-corrected chi connectivity index (χ2v) is 4.06. The molecule has 1 aliphatic carbocycles. The Kier molecular flexibility index (Phi) is 2.49. The Bertz CT molecular complexity index is 386. The third kappa shape index (κ3) is 1.43. The van der Waals surface area contributed by atoms with Crippen LogP contribution in [-0.4, -0.2) is 22.8 Å². The third-order valence-electron chi connectivity index (χ3n) is 3.26. The fraction of sp³-hybridized carbons (Fsp3) is 0.417. The van der Waals surface area contributed by atoms with Gasteiger partial charge in [-0.15, -0.1) is 0 Å². The summed E-state index contributed by atoms with van der Waals surface area (Å²) in [5.41, 5.74) is 0.765. The van der Waals surface area contributed by atoms with Crippen molar-refractivity contribution in [2.24, 2.45) is 0 Å². The zero-order valence-electron chi connectivity index (χ0n) is 8.44. The number of carboxylic acids is 1. The van der Waals surface area contributed by atoms with Gasteiger partial charge in [0.2, 0.25) is 0 Å². The number of hydrogen-bond acceptors (Lipinski definition) is 2. The second-order valence-electron chi connectivity index (χ2n) is 4.06. The Morgan fingerprint density at radius 3 is 2.80 bits per heavy atom. The number of rotatable bonds is 2. The predicted octanol–water partition coefficient (Wildman–Crippen LogP) is 1.34. The van der Waals surface area contributed by atoms with E-state index in [4.69, 9.17) is 0 Å². The lowest BCUT2D eigenvalue weighted by Gasteiger charge is -2.33. The Morgan fingerprint density at radius 2 is 2.13 bits per heavy atom. The van der Waals surface area contributed by atoms with Gasteiger partial charge in [-0.25, -0.2) is 0 Å². The molecule has 80 valence electrons. The summed E-state index contributed by atoms with van der Waals surface area (Å²) in [7, 11) is 0. The molecule has 15 heavy (non-hydrogen) atoms. The van der Waals surface area contributed by atoms with Crippen molar-refractivity contribution >= 4 is 5.97 Å². The van der Waals surface area contributed by atoms with E-state index in [1.807, 2.05) is 24.3 Å². The van der Waals surface area contributed by atoms with Crippen LogP contribution in [0.2, 0.25) is 0 Å². The maximum absolute atomic E-state index is 11.3. The Balaban J connectivity index is 2.57. The van der Waals surface area contributed by atoms with E-state index in [-0.39, 0.29) is 6.61 Å². The summed E-state index contributed by atoms with van der Waals surface area (Å²) in [6.07, 6.45) is 2.25. The van der Waals surface area contributed by atoms with Crippen LogP contribution in [0.25, 0.3) is 0 Å². The van der Waals surface area contributed by atoms with E-state index in [0.29, 0.717) is 6.42 Å². The second kappa shape index (κ2) is 3.66. The van der Waals surface area contributed by atoms with Crippen molar-refractivity contribution in [1.82, 2.24) is 0 Å². The topological polar surface area (TPSA) is 57.5 Å². The average Bonchev–Trinajstić information content (AvgIpc) is 2.28. The van der Waals surface area contributed by atoms with Crippen LogP contribution >= 0.6 is 0 Å². The minimum atomic E-state index is -1.07. The molecule has 1 aromatic carbocycles. The zero-order chi connectivity index (χ0) is 10.9. The molecule has 1 aliphatic rings. The molecule has 0 heterocycles. The number of hydrogen-bond donors (Lipinski definition) is 2. The van der Waals surface area contributed by atoms with Crippen LogP contribution < -0.4 is 0 Å². The van der Waals surface area contributed by atoms with E-state index in [1.165, 1.54) is 0 Å². The van der Waals surface area contributed by atoms with E-state index in [0.717, 1.165) is 24.0 Å². The molecule has 0 amide bonds. The Labute approximate surface area is 88.4 Å². The van der Waals surface area contributed by atoms with Gasteiger partial charge in [-0.2, -0.15) is 0 Å². The standard InChI is InChI=1S/C12H14O3/c13-8-12(11(14)15)7-3-5-9-4-1-2-6-10(9)12/h1-2,4,6,13H,3,5,7-8H2,(H,14,15). The van der Waals surface area contributed by atoms with Gasteiger partial charge in [0.25, 0.3) is 0 Å². The summed E-state index contributed by atoms with van der Waals surface area (Å²) in [5, 5.41) is 18.7. The largest absolute Gasteiger partial charge is 0.481 e. The molecule has 0 aliphatic heterocycles. The van der Waals surface area contributed by atoms with Crippen LogP contribution in [0.15, 0.2) is 24.3 Å². The monoisotopic (exact) mass is 206 g/mol. The van der Waals surface area contributed by atoms with Crippen LogP contribution in [0.4, 0.5) is 0 Å². The first-order valence-corrected chi connectivity index (χ1v) is 5.13. The summed E-state index contributed by atoms with van der Waals surface area (Å²) in [4.78, 5) is 11.3. The van der Waals surface area contributed by atoms with Gasteiger partial charge in [0, 0.05) is 0 Å². The average molecular weight is 206 g/mol. The Morgan fingerprint density at radius 1 is 1.40 bits per heavy atom. The maximum Gasteiger partial charge on any atom is 0.316 e. The zero-order valence-corrected chi connectivity index (χ0v) is 8.44. The molecule has 1 atom stereocenters. The van der Waals surface area contributed by atoms with Gasteiger partial charge in [-0.3, -0.25) is 4.79 Å². The molecule has 1 aromatic rings. The fourth-order valence-corrected chi connectivity index (χ4v) is 2.37. The van der Waals surface area contributed by atoms with Gasteiger partial charge in [0.15, 0.2) is 0 Å². The van der Waals surface area contributed by atoms with E-state index in [2.05, 4.69) is 0 Å². The first-order valence-electron chi connectivity index (χ1n) is 5.13. The molecule has 1 unspecified atom stereocenters. The van der Waals surface area contributed by atoms with Gasteiger partial charge < -0.3 is 10.2 Å². The highest BCUT2D eigenvalue weighted by molar-refractivity contribution is 5.82. The molecule has 3 heteroatoms. The van der Waals surface area contributed by atoms with Crippen molar-refractivity contribution in [1.29, 1.82) is 0 Å². The van der Waals surface area contributed by atoms with E-state index in [1.54, 1.807) is 0 Å². The van der Waals surface area contributed by atoms with Gasteiger partial charge in [-0.1, -0.05) is 24.3 Å². The molecule has 2 N–H and O–H groups in total. The first-order chi connectivity index (χ1) is 7.20. The molecule has 0 fully saturated rings. The van der Waals surface area contributed by atoms with Crippen molar-refractivity contribution in [3.63, 3.8) is 0 Å². The summed E-state index contributed by atoms with van der Waals surface area (Å²) in [6, 6.07) is 7.51.